The molecule has 0 fully saturated rings. The van der Waals surface area contributed by atoms with Crippen LogP contribution < -0.4 is 11.1 Å². The SMILES string of the molecule is C[C@H](N)C(=O)NCC(C)(C)c1ccccc1Cl.Cl. The third kappa shape index (κ3) is 4.48. The molecule has 0 saturated carbocycles. The number of benzene rings is 1. The van der Waals surface area contributed by atoms with Crippen molar-refractivity contribution in [2.24, 2.45) is 5.73 Å². The molecule has 0 spiro atoms. The van der Waals surface area contributed by atoms with Crippen molar-refractivity contribution in [2.45, 2.75) is 32.2 Å². The van der Waals surface area contributed by atoms with Crippen molar-refractivity contribution in [3.63, 3.8) is 0 Å². The van der Waals surface area contributed by atoms with Crippen molar-refractivity contribution < 1.29 is 4.79 Å². The number of nitrogens with one attached hydrogen (secondary N) is 1. The number of nitrogens with two attached hydrogens (primary N) is 1. The maximum absolute atomic E-state index is 11.4. The quantitative estimate of drug-likeness (QED) is 0.895. The molecule has 3 N–H and O–H groups in total. The topological polar surface area (TPSA) is 55.1 Å². The average molecular weight is 291 g/mol. The summed E-state index contributed by atoms with van der Waals surface area (Å²) < 4.78 is 0. The summed E-state index contributed by atoms with van der Waals surface area (Å²) >= 11 is 6.15. The maximum atomic E-state index is 11.4. The largest absolute Gasteiger partial charge is 0.354 e. The predicted molar refractivity (Wildman–Crippen MR) is 78.4 cm³/mol. The molecule has 1 aromatic rings. The van der Waals surface area contributed by atoms with Crippen LogP contribution in [0.25, 0.3) is 0 Å². The minimum absolute atomic E-state index is 0. The van der Waals surface area contributed by atoms with Crippen LogP contribution in [0.4, 0.5) is 0 Å². The third-order valence-electron chi connectivity index (χ3n) is 2.72. The minimum Gasteiger partial charge on any atom is -0.354 e. The standard InChI is InChI=1S/C13H19ClN2O.ClH/c1-9(15)12(17)16-8-13(2,3)10-6-4-5-7-11(10)14;/h4-7,9H,8,15H2,1-3H3,(H,16,17);1H/t9-;/m0./s1. The maximum Gasteiger partial charge on any atom is 0.236 e. The van der Waals surface area contributed by atoms with Gasteiger partial charge >= 0.3 is 0 Å². The summed E-state index contributed by atoms with van der Waals surface area (Å²) in [5.41, 5.74) is 6.30. The predicted octanol–water partition coefficient (Wildman–Crippen LogP) is 2.50. The van der Waals surface area contributed by atoms with Crippen LogP contribution in [0.2, 0.25) is 5.02 Å². The van der Waals surface area contributed by atoms with Crippen molar-refractivity contribution in [1.29, 1.82) is 0 Å². The molecule has 0 bridgehead atoms. The lowest BCUT2D eigenvalue weighted by Gasteiger charge is -2.27. The van der Waals surface area contributed by atoms with Crippen molar-refractivity contribution in [1.82, 2.24) is 5.32 Å². The highest BCUT2D eigenvalue weighted by molar-refractivity contribution is 6.31. The fourth-order valence-corrected chi connectivity index (χ4v) is 1.97. The average Bonchev–Trinajstić information content (AvgIpc) is 2.26. The summed E-state index contributed by atoms with van der Waals surface area (Å²) in [6.07, 6.45) is 0. The summed E-state index contributed by atoms with van der Waals surface area (Å²) in [5.74, 6) is -0.148. The molecule has 18 heavy (non-hydrogen) atoms. The number of hydrogen-bond acceptors (Lipinski definition) is 2. The van der Waals surface area contributed by atoms with Gasteiger partial charge in [0.1, 0.15) is 0 Å². The fraction of sp³-hybridized carbons (Fsp3) is 0.462. The first-order valence-electron chi connectivity index (χ1n) is 5.63. The summed E-state index contributed by atoms with van der Waals surface area (Å²) in [4.78, 5) is 11.4. The first kappa shape index (κ1) is 17.2. The molecule has 1 amide bonds. The van der Waals surface area contributed by atoms with Gasteiger partial charge in [0.2, 0.25) is 5.91 Å². The number of carbonyl (C=O) groups excluding carboxylic acids is 1. The van der Waals surface area contributed by atoms with E-state index in [1.807, 2.05) is 38.1 Å². The summed E-state index contributed by atoms with van der Waals surface area (Å²) in [7, 11) is 0. The van der Waals surface area contributed by atoms with Crippen molar-refractivity contribution in [3.05, 3.63) is 34.9 Å². The normalized spacial score (nSPS) is 12.5. The summed E-state index contributed by atoms with van der Waals surface area (Å²) in [5, 5.41) is 3.54. The van der Waals surface area contributed by atoms with E-state index in [-0.39, 0.29) is 23.7 Å². The number of carbonyl (C=O) groups is 1. The Hall–Kier alpha value is -0.770. The molecule has 1 aromatic carbocycles. The molecule has 1 rings (SSSR count). The van der Waals surface area contributed by atoms with E-state index in [1.54, 1.807) is 6.92 Å². The molecule has 102 valence electrons. The van der Waals surface area contributed by atoms with E-state index in [1.165, 1.54) is 0 Å². The monoisotopic (exact) mass is 290 g/mol. The van der Waals surface area contributed by atoms with Crippen LogP contribution in [0.15, 0.2) is 24.3 Å². The van der Waals surface area contributed by atoms with Crippen LogP contribution in [-0.2, 0) is 10.2 Å². The molecule has 1 atom stereocenters. The molecule has 0 unspecified atom stereocenters. The second kappa shape index (κ2) is 6.98. The highest BCUT2D eigenvalue weighted by Crippen LogP contribution is 2.28. The van der Waals surface area contributed by atoms with Gasteiger partial charge in [-0.3, -0.25) is 4.79 Å². The van der Waals surface area contributed by atoms with E-state index in [4.69, 9.17) is 17.3 Å². The molecule has 0 aromatic heterocycles. The molecule has 0 saturated heterocycles. The van der Waals surface area contributed by atoms with Crippen LogP contribution in [0, 0.1) is 0 Å². The fourth-order valence-electron chi connectivity index (χ4n) is 1.57. The van der Waals surface area contributed by atoms with E-state index < -0.39 is 6.04 Å². The molecule has 0 aliphatic heterocycles. The van der Waals surface area contributed by atoms with E-state index >= 15 is 0 Å². The highest BCUT2D eigenvalue weighted by Gasteiger charge is 2.24. The van der Waals surface area contributed by atoms with Gasteiger partial charge < -0.3 is 11.1 Å². The zero-order valence-corrected chi connectivity index (χ0v) is 12.4. The zero-order chi connectivity index (χ0) is 13.1. The molecule has 0 aliphatic carbocycles. The van der Waals surface area contributed by atoms with Crippen molar-refractivity contribution in [3.8, 4) is 0 Å². The Bertz CT molecular complexity index is 406. The van der Waals surface area contributed by atoms with Gasteiger partial charge in [-0.2, -0.15) is 0 Å². The van der Waals surface area contributed by atoms with Crippen molar-refractivity contribution >= 4 is 29.9 Å². The van der Waals surface area contributed by atoms with Gasteiger partial charge in [0.15, 0.2) is 0 Å². The van der Waals surface area contributed by atoms with Crippen LogP contribution in [-0.4, -0.2) is 18.5 Å². The molecular formula is C13H20Cl2N2O. The Labute approximate surface area is 119 Å². The first-order chi connectivity index (χ1) is 7.84. The van der Waals surface area contributed by atoms with Crippen molar-refractivity contribution in [2.75, 3.05) is 6.54 Å². The minimum atomic E-state index is -0.489. The lowest BCUT2D eigenvalue weighted by molar-refractivity contribution is -0.122. The van der Waals surface area contributed by atoms with Gasteiger partial charge in [-0.05, 0) is 18.6 Å². The molecule has 0 heterocycles. The zero-order valence-electron chi connectivity index (χ0n) is 10.9. The van der Waals surface area contributed by atoms with Gasteiger partial charge in [0.25, 0.3) is 0 Å². The highest BCUT2D eigenvalue weighted by atomic mass is 35.5. The summed E-state index contributed by atoms with van der Waals surface area (Å²) in [6.45, 7) is 6.25. The van der Waals surface area contributed by atoms with Crippen LogP contribution in [0.3, 0.4) is 0 Å². The number of amides is 1. The third-order valence-corrected chi connectivity index (χ3v) is 3.05. The summed E-state index contributed by atoms with van der Waals surface area (Å²) in [6, 6.07) is 7.17. The van der Waals surface area contributed by atoms with Gasteiger partial charge in [-0.1, -0.05) is 43.6 Å². The Morgan fingerprint density at radius 2 is 2.00 bits per heavy atom. The molecule has 0 radical (unpaired) electrons. The van der Waals surface area contributed by atoms with E-state index in [2.05, 4.69) is 5.32 Å². The lowest BCUT2D eigenvalue weighted by atomic mass is 9.84. The van der Waals surface area contributed by atoms with Gasteiger partial charge in [-0.15, -0.1) is 12.4 Å². The van der Waals surface area contributed by atoms with E-state index in [0.29, 0.717) is 11.6 Å². The number of hydrogen-bond donors (Lipinski definition) is 2. The second-order valence-corrected chi connectivity index (χ2v) is 5.28. The molecule has 3 nitrogen and oxygen atoms in total. The van der Waals surface area contributed by atoms with E-state index in [9.17, 15) is 4.79 Å². The Kier molecular flexibility index (Phi) is 6.68. The van der Waals surface area contributed by atoms with Gasteiger partial charge in [0, 0.05) is 17.0 Å². The van der Waals surface area contributed by atoms with Crippen LogP contribution in [0.5, 0.6) is 0 Å². The molecule has 5 heteroatoms. The molecule has 0 aliphatic rings. The Morgan fingerprint density at radius 1 is 1.44 bits per heavy atom. The van der Waals surface area contributed by atoms with E-state index in [0.717, 1.165) is 5.56 Å². The Balaban J connectivity index is 0.00000289. The first-order valence-corrected chi connectivity index (χ1v) is 6.00. The van der Waals surface area contributed by atoms with Crippen LogP contribution in [0.1, 0.15) is 26.3 Å². The second-order valence-electron chi connectivity index (χ2n) is 4.87. The lowest BCUT2D eigenvalue weighted by Crippen LogP contribution is -2.43. The van der Waals surface area contributed by atoms with Crippen LogP contribution >= 0.6 is 24.0 Å². The number of halogens is 2. The van der Waals surface area contributed by atoms with Gasteiger partial charge in [0.05, 0.1) is 6.04 Å². The van der Waals surface area contributed by atoms with Gasteiger partial charge in [-0.25, -0.2) is 0 Å². The molecular weight excluding hydrogens is 271 g/mol. The smallest absolute Gasteiger partial charge is 0.236 e. The number of rotatable bonds is 4. The Morgan fingerprint density at radius 3 is 2.50 bits per heavy atom.